The van der Waals surface area contributed by atoms with E-state index in [4.69, 9.17) is 0 Å². The summed E-state index contributed by atoms with van der Waals surface area (Å²) in [6, 6.07) is 0. The van der Waals surface area contributed by atoms with Crippen LogP contribution >= 0.6 is 0 Å². The highest BCUT2D eigenvalue weighted by molar-refractivity contribution is 4.80. The van der Waals surface area contributed by atoms with E-state index in [1.165, 1.54) is 0 Å². The van der Waals surface area contributed by atoms with Crippen LogP contribution in [0.5, 0.6) is 0 Å². The van der Waals surface area contributed by atoms with Crippen LogP contribution in [0.3, 0.4) is 0 Å². The highest BCUT2D eigenvalue weighted by atomic mass is 19.1. The molecule has 0 spiro atoms. The number of hydrogen-bond acceptors (Lipinski definition) is 1. The van der Waals surface area contributed by atoms with Gasteiger partial charge in [0, 0.05) is 0 Å². The van der Waals surface area contributed by atoms with Crippen LogP contribution in [0.4, 0.5) is 4.39 Å². The molecule has 0 atom stereocenters. The van der Waals surface area contributed by atoms with Gasteiger partial charge in [-0.05, 0) is 32.6 Å². The molecule has 2 heteroatoms. The van der Waals surface area contributed by atoms with Gasteiger partial charge in [-0.15, -0.1) is 0 Å². The third-order valence-electron chi connectivity index (χ3n) is 1.99. The summed E-state index contributed by atoms with van der Waals surface area (Å²) < 4.78 is 12.4. The fraction of sp³-hybridized carbons (Fsp3) is 1.00. The van der Waals surface area contributed by atoms with Crippen molar-refractivity contribution in [2.45, 2.75) is 44.4 Å². The van der Waals surface area contributed by atoms with Crippen molar-refractivity contribution >= 4 is 0 Å². The SMILES string of the molecule is CC1(O)CCC(F)CC1. The summed E-state index contributed by atoms with van der Waals surface area (Å²) in [7, 11) is 0. The molecular formula is C7H13FO. The third kappa shape index (κ3) is 1.94. The van der Waals surface area contributed by atoms with Crippen molar-refractivity contribution in [1.82, 2.24) is 0 Å². The Morgan fingerprint density at radius 1 is 1.44 bits per heavy atom. The molecule has 0 aromatic carbocycles. The Balaban J connectivity index is 2.35. The summed E-state index contributed by atoms with van der Waals surface area (Å²) in [5.41, 5.74) is -0.581. The maximum absolute atomic E-state index is 12.4. The van der Waals surface area contributed by atoms with Crippen LogP contribution in [0.2, 0.25) is 0 Å². The van der Waals surface area contributed by atoms with Gasteiger partial charge in [0.1, 0.15) is 6.17 Å². The molecule has 0 aromatic heterocycles. The molecule has 0 aromatic rings. The normalized spacial score (nSPS) is 45.0. The lowest BCUT2D eigenvalue weighted by molar-refractivity contribution is 0.00174. The molecule has 1 N–H and O–H groups in total. The summed E-state index contributed by atoms with van der Waals surface area (Å²) in [6.07, 6.45) is 1.65. The van der Waals surface area contributed by atoms with Crippen molar-refractivity contribution in [3.63, 3.8) is 0 Å². The van der Waals surface area contributed by atoms with Gasteiger partial charge in [-0.1, -0.05) is 0 Å². The molecule has 1 rings (SSSR count). The third-order valence-corrected chi connectivity index (χ3v) is 1.99. The number of alkyl halides is 1. The molecule has 0 radical (unpaired) electrons. The molecule has 1 saturated carbocycles. The fourth-order valence-electron chi connectivity index (χ4n) is 1.20. The van der Waals surface area contributed by atoms with E-state index < -0.39 is 11.8 Å². The van der Waals surface area contributed by atoms with Crippen molar-refractivity contribution in [2.24, 2.45) is 0 Å². The molecule has 0 unspecified atom stereocenters. The van der Waals surface area contributed by atoms with Crippen molar-refractivity contribution in [2.75, 3.05) is 0 Å². The monoisotopic (exact) mass is 132 g/mol. The molecule has 0 saturated heterocycles. The second-order valence-corrected chi connectivity index (χ2v) is 3.17. The highest BCUT2D eigenvalue weighted by Crippen LogP contribution is 2.28. The maximum atomic E-state index is 12.4. The fourth-order valence-corrected chi connectivity index (χ4v) is 1.20. The van der Waals surface area contributed by atoms with Crippen LogP contribution in [0.15, 0.2) is 0 Å². The Hall–Kier alpha value is -0.110. The average Bonchev–Trinajstić information content (AvgIpc) is 1.78. The van der Waals surface area contributed by atoms with Crippen LogP contribution in [0.25, 0.3) is 0 Å². The topological polar surface area (TPSA) is 20.2 Å². The number of aliphatic hydroxyl groups is 1. The largest absolute Gasteiger partial charge is 0.390 e. The Labute approximate surface area is 54.9 Å². The molecule has 0 heterocycles. The predicted octanol–water partition coefficient (Wildman–Crippen LogP) is 1.65. The molecule has 54 valence electrons. The lowest BCUT2D eigenvalue weighted by Gasteiger charge is -2.29. The van der Waals surface area contributed by atoms with Gasteiger partial charge in [-0.3, -0.25) is 0 Å². The van der Waals surface area contributed by atoms with Gasteiger partial charge in [0.2, 0.25) is 0 Å². The Kier molecular flexibility index (Phi) is 1.75. The van der Waals surface area contributed by atoms with Gasteiger partial charge in [0.05, 0.1) is 5.60 Å². The van der Waals surface area contributed by atoms with Gasteiger partial charge in [-0.2, -0.15) is 0 Å². The second-order valence-electron chi connectivity index (χ2n) is 3.17. The van der Waals surface area contributed by atoms with Crippen molar-refractivity contribution in [3.8, 4) is 0 Å². The van der Waals surface area contributed by atoms with E-state index in [2.05, 4.69) is 0 Å². The van der Waals surface area contributed by atoms with Gasteiger partial charge >= 0.3 is 0 Å². The second kappa shape index (κ2) is 2.25. The predicted molar refractivity (Wildman–Crippen MR) is 34.0 cm³/mol. The Morgan fingerprint density at radius 2 is 1.89 bits per heavy atom. The smallest absolute Gasteiger partial charge is 0.100 e. The molecule has 0 amide bonds. The van der Waals surface area contributed by atoms with Crippen molar-refractivity contribution < 1.29 is 9.50 Å². The highest BCUT2D eigenvalue weighted by Gasteiger charge is 2.27. The maximum Gasteiger partial charge on any atom is 0.100 e. The van der Waals surface area contributed by atoms with Crippen LogP contribution in [-0.4, -0.2) is 16.9 Å². The van der Waals surface area contributed by atoms with E-state index in [1.54, 1.807) is 6.92 Å². The molecule has 0 bridgehead atoms. The zero-order chi connectivity index (χ0) is 6.91. The van der Waals surface area contributed by atoms with Gasteiger partial charge in [-0.25, -0.2) is 4.39 Å². The first-order valence-corrected chi connectivity index (χ1v) is 3.47. The molecule has 1 aliphatic carbocycles. The summed E-state index contributed by atoms with van der Waals surface area (Å²) in [5.74, 6) is 0. The average molecular weight is 132 g/mol. The van der Waals surface area contributed by atoms with Crippen molar-refractivity contribution in [1.29, 1.82) is 0 Å². The lowest BCUT2D eigenvalue weighted by Crippen LogP contribution is -2.30. The van der Waals surface area contributed by atoms with Crippen molar-refractivity contribution in [3.05, 3.63) is 0 Å². The number of rotatable bonds is 0. The van der Waals surface area contributed by atoms with Gasteiger partial charge in [0.25, 0.3) is 0 Å². The van der Waals surface area contributed by atoms with E-state index >= 15 is 0 Å². The summed E-state index contributed by atoms with van der Waals surface area (Å²) >= 11 is 0. The van der Waals surface area contributed by atoms with E-state index in [0.29, 0.717) is 25.7 Å². The van der Waals surface area contributed by atoms with Gasteiger partial charge < -0.3 is 5.11 Å². The van der Waals surface area contributed by atoms with E-state index in [9.17, 15) is 9.50 Å². The Bertz CT molecular complexity index is 91.1. The molecule has 1 fully saturated rings. The minimum Gasteiger partial charge on any atom is -0.390 e. The summed E-state index contributed by atoms with van der Waals surface area (Å²) in [5, 5.41) is 9.33. The zero-order valence-electron chi connectivity index (χ0n) is 5.73. The minimum atomic E-state index is -0.662. The molecular weight excluding hydrogens is 119 g/mol. The first-order valence-electron chi connectivity index (χ1n) is 3.47. The Morgan fingerprint density at radius 3 is 2.22 bits per heavy atom. The molecule has 1 nitrogen and oxygen atoms in total. The summed E-state index contributed by atoms with van der Waals surface area (Å²) in [6.45, 7) is 1.78. The molecule has 1 aliphatic rings. The van der Waals surface area contributed by atoms with Crippen LogP contribution in [0.1, 0.15) is 32.6 Å². The standard InChI is InChI=1S/C7H13FO/c1-7(9)4-2-6(8)3-5-7/h6,9H,2-5H2,1H3. The van der Waals surface area contributed by atoms with Crippen LogP contribution in [0, 0.1) is 0 Å². The van der Waals surface area contributed by atoms with E-state index in [0.717, 1.165) is 0 Å². The zero-order valence-corrected chi connectivity index (χ0v) is 5.73. The number of hydrogen-bond donors (Lipinski definition) is 1. The van der Waals surface area contributed by atoms with E-state index in [1.807, 2.05) is 0 Å². The summed E-state index contributed by atoms with van der Waals surface area (Å²) in [4.78, 5) is 0. The lowest BCUT2D eigenvalue weighted by atomic mass is 9.86. The van der Waals surface area contributed by atoms with Crippen LogP contribution in [-0.2, 0) is 0 Å². The quantitative estimate of drug-likeness (QED) is 0.531. The number of halogens is 1. The van der Waals surface area contributed by atoms with Gasteiger partial charge in [0.15, 0.2) is 0 Å². The first kappa shape index (κ1) is 7.00. The molecule has 9 heavy (non-hydrogen) atoms. The van der Waals surface area contributed by atoms with E-state index in [-0.39, 0.29) is 0 Å². The molecule has 0 aliphatic heterocycles. The first-order chi connectivity index (χ1) is 4.10. The minimum absolute atomic E-state index is 0.535. The van der Waals surface area contributed by atoms with Crippen LogP contribution < -0.4 is 0 Å².